The van der Waals surface area contributed by atoms with Gasteiger partial charge in [-0.25, -0.2) is 4.98 Å². The van der Waals surface area contributed by atoms with Crippen LogP contribution >= 0.6 is 0 Å². The average Bonchev–Trinajstić information content (AvgIpc) is 2.91. The normalized spacial score (nSPS) is 21.7. The van der Waals surface area contributed by atoms with Crippen LogP contribution in [0.15, 0.2) is 24.3 Å². The first-order valence-electron chi connectivity index (χ1n) is 8.37. The number of halogens is 3. The third kappa shape index (κ3) is 3.49. The van der Waals surface area contributed by atoms with Crippen molar-refractivity contribution >= 4 is 16.9 Å². The van der Waals surface area contributed by atoms with Gasteiger partial charge in [0.1, 0.15) is 18.4 Å². The SMILES string of the molecule is CCc1nc2ccccc2n1CC(=O)N1C[C@@H](N)CC[C@@H]1C(F)(F)F. The molecule has 2 heterocycles. The lowest BCUT2D eigenvalue weighted by molar-refractivity contribution is -0.197. The molecular formula is C17H21F3N4O. The first-order valence-corrected chi connectivity index (χ1v) is 8.37. The molecule has 2 atom stereocenters. The van der Waals surface area contributed by atoms with Crippen LogP contribution in [-0.4, -0.2) is 45.2 Å². The van der Waals surface area contributed by atoms with E-state index in [2.05, 4.69) is 4.98 Å². The van der Waals surface area contributed by atoms with Gasteiger partial charge in [-0.05, 0) is 25.0 Å². The first-order chi connectivity index (χ1) is 11.8. The van der Waals surface area contributed by atoms with Crippen molar-refractivity contribution in [1.29, 1.82) is 0 Å². The van der Waals surface area contributed by atoms with E-state index in [1.54, 1.807) is 4.57 Å². The molecule has 0 bridgehead atoms. The monoisotopic (exact) mass is 354 g/mol. The molecule has 1 aliphatic rings. The zero-order chi connectivity index (χ0) is 18.2. The maximum Gasteiger partial charge on any atom is 0.408 e. The highest BCUT2D eigenvalue weighted by atomic mass is 19.4. The van der Waals surface area contributed by atoms with Gasteiger partial charge in [-0.3, -0.25) is 4.79 Å². The number of benzene rings is 1. The predicted octanol–water partition coefficient (Wildman–Crippen LogP) is 2.48. The maximum absolute atomic E-state index is 13.3. The van der Waals surface area contributed by atoms with Crippen LogP contribution in [0, 0.1) is 0 Å². The molecule has 2 N–H and O–H groups in total. The standard InChI is InChI=1S/C17H21F3N4O/c1-2-15-22-12-5-3-4-6-13(12)23(15)10-16(25)24-9-11(21)7-8-14(24)17(18,19)20/h3-6,11,14H,2,7-10,21H2,1H3/t11-,14+/m0/s1. The van der Waals surface area contributed by atoms with Crippen LogP contribution in [0.25, 0.3) is 11.0 Å². The molecule has 0 aliphatic carbocycles. The van der Waals surface area contributed by atoms with E-state index in [-0.39, 0.29) is 25.9 Å². The summed E-state index contributed by atoms with van der Waals surface area (Å²) in [4.78, 5) is 18.1. The minimum Gasteiger partial charge on any atom is -0.327 e. The Morgan fingerprint density at radius 1 is 1.32 bits per heavy atom. The summed E-state index contributed by atoms with van der Waals surface area (Å²) in [5.74, 6) is 0.106. The van der Waals surface area contributed by atoms with E-state index in [9.17, 15) is 18.0 Å². The number of nitrogens with two attached hydrogens (primary N) is 1. The zero-order valence-electron chi connectivity index (χ0n) is 14.0. The Bertz CT molecular complexity index is 771. The van der Waals surface area contributed by atoms with Crippen LogP contribution in [0.1, 0.15) is 25.6 Å². The van der Waals surface area contributed by atoms with Crippen molar-refractivity contribution in [3.8, 4) is 0 Å². The number of amides is 1. The number of para-hydroxylation sites is 2. The van der Waals surface area contributed by atoms with Crippen LogP contribution < -0.4 is 5.73 Å². The van der Waals surface area contributed by atoms with E-state index >= 15 is 0 Å². The zero-order valence-corrected chi connectivity index (χ0v) is 14.0. The average molecular weight is 354 g/mol. The number of fused-ring (bicyclic) bond motifs is 1. The van der Waals surface area contributed by atoms with Crippen LogP contribution in [0.2, 0.25) is 0 Å². The molecule has 0 saturated carbocycles. The molecule has 1 saturated heterocycles. The molecule has 2 aromatic rings. The lowest BCUT2D eigenvalue weighted by atomic mass is 9.98. The van der Waals surface area contributed by atoms with Gasteiger partial charge in [0, 0.05) is 19.0 Å². The van der Waals surface area contributed by atoms with Crippen molar-refractivity contribution in [2.24, 2.45) is 5.73 Å². The highest BCUT2D eigenvalue weighted by molar-refractivity contribution is 5.81. The highest BCUT2D eigenvalue weighted by Crippen LogP contribution is 2.32. The lowest BCUT2D eigenvalue weighted by Crippen LogP contribution is -2.57. The minimum atomic E-state index is -4.44. The van der Waals surface area contributed by atoms with Crippen LogP contribution in [0.5, 0.6) is 0 Å². The molecule has 1 aromatic carbocycles. The third-order valence-electron chi connectivity index (χ3n) is 4.66. The Labute approximate surface area is 143 Å². The van der Waals surface area contributed by atoms with E-state index < -0.39 is 24.2 Å². The number of hydrogen-bond acceptors (Lipinski definition) is 3. The lowest BCUT2D eigenvalue weighted by Gasteiger charge is -2.39. The topological polar surface area (TPSA) is 64.2 Å². The van der Waals surface area contributed by atoms with E-state index in [1.807, 2.05) is 31.2 Å². The fourth-order valence-corrected chi connectivity index (χ4v) is 3.41. The summed E-state index contributed by atoms with van der Waals surface area (Å²) in [5, 5.41) is 0. The Kier molecular flexibility index (Phi) is 4.73. The summed E-state index contributed by atoms with van der Waals surface area (Å²) >= 11 is 0. The number of alkyl halides is 3. The number of aromatic nitrogens is 2. The van der Waals surface area contributed by atoms with Crippen molar-refractivity contribution in [2.45, 2.75) is 51.0 Å². The van der Waals surface area contributed by atoms with Gasteiger partial charge in [-0.2, -0.15) is 13.2 Å². The summed E-state index contributed by atoms with van der Waals surface area (Å²) in [7, 11) is 0. The van der Waals surface area contributed by atoms with E-state index in [0.717, 1.165) is 15.9 Å². The molecule has 1 amide bonds. The van der Waals surface area contributed by atoms with Crippen molar-refractivity contribution in [2.75, 3.05) is 6.54 Å². The van der Waals surface area contributed by atoms with Gasteiger partial charge in [0.2, 0.25) is 5.91 Å². The smallest absolute Gasteiger partial charge is 0.327 e. The quantitative estimate of drug-likeness (QED) is 0.921. The first kappa shape index (κ1) is 17.7. The summed E-state index contributed by atoms with van der Waals surface area (Å²) in [6.07, 6.45) is -3.74. The number of nitrogens with zero attached hydrogens (tertiary/aromatic N) is 3. The largest absolute Gasteiger partial charge is 0.408 e. The van der Waals surface area contributed by atoms with E-state index in [1.165, 1.54) is 0 Å². The van der Waals surface area contributed by atoms with Gasteiger partial charge < -0.3 is 15.2 Å². The summed E-state index contributed by atoms with van der Waals surface area (Å²) in [6.45, 7) is 1.66. The number of aryl methyl sites for hydroxylation is 1. The number of rotatable bonds is 3. The fraction of sp³-hybridized carbons (Fsp3) is 0.529. The Hall–Kier alpha value is -2.09. The summed E-state index contributed by atoms with van der Waals surface area (Å²) in [6, 6.07) is 5.11. The molecule has 0 spiro atoms. The minimum absolute atomic E-state index is 0.0723. The molecule has 136 valence electrons. The molecule has 1 fully saturated rings. The van der Waals surface area contributed by atoms with Crippen molar-refractivity contribution in [3.63, 3.8) is 0 Å². The highest BCUT2D eigenvalue weighted by Gasteiger charge is 2.47. The second-order valence-corrected chi connectivity index (χ2v) is 6.40. The molecule has 1 aliphatic heterocycles. The number of hydrogen-bond donors (Lipinski definition) is 1. The van der Waals surface area contributed by atoms with Gasteiger partial charge >= 0.3 is 6.18 Å². The Balaban J connectivity index is 1.90. The van der Waals surface area contributed by atoms with Crippen molar-refractivity contribution < 1.29 is 18.0 Å². The van der Waals surface area contributed by atoms with Gasteiger partial charge in [-0.15, -0.1) is 0 Å². The number of piperidine rings is 1. The number of carbonyl (C=O) groups excluding carboxylic acids is 1. The van der Waals surface area contributed by atoms with E-state index in [0.29, 0.717) is 12.2 Å². The van der Waals surface area contributed by atoms with Gasteiger partial charge in [-0.1, -0.05) is 19.1 Å². The molecule has 0 radical (unpaired) electrons. The molecular weight excluding hydrogens is 333 g/mol. The molecule has 8 heteroatoms. The predicted molar refractivity (Wildman–Crippen MR) is 87.9 cm³/mol. The molecule has 1 aromatic heterocycles. The van der Waals surface area contributed by atoms with Crippen molar-refractivity contribution in [3.05, 3.63) is 30.1 Å². The second kappa shape index (κ2) is 6.67. The van der Waals surface area contributed by atoms with Gasteiger partial charge in [0.05, 0.1) is 11.0 Å². The number of carbonyl (C=O) groups is 1. The van der Waals surface area contributed by atoms with Gasteiger partial charge in [0.15, 0.2) is 0 Å². The Morgan fingerprint density at radius 3 is 2.72 bits per heavy atom. The summed E-state index contributed by atoms with van der Waals surface area (Å²) in [5.41, 5.74) is 7.29. The maximum atomic E-state index is 13.3. The van der Waals surface area contributed by atoms with E-state index in [4.69, 9.17) is 5.73 Å². The third-order valence-corrected chi connectivity index (χ3v) is 4.66. The molecule has 5 nitrogen and oxygen atoms in total. The van der Waals surface area contributed by atoms with Crippen molar-refractivity contribution in [1.82, 2.24) is 14.5 Å². The number of imidazole rings is 1. The molecule has 0 unspecified atom stereocenters. The molecule has 3 rings (SSSR count). The number of likely N-dealkylation sites (tertiary alicyclic amines) is 1. The molecule has 25 heavy (non-hydrogen) atoms. The second-order valence-electron chi connectivity index (χ2n) is 6.40. The van der Waals surface area contributed by atoms with Crippen LogP contribution in [0.4, 0.5) is 13.2 Å². The summed E-state index contributed by atoms with van der Waals surface area (Å²) < 4.78 is 41.6. The Morgan fingerprint density at radius 2 is 2.04 bits per heavy atom. The van der Waals surface area contributed by atoms with Crippen LogP contribution in [0.3, 0.4) is 0 Å². The van der Waals surface area contributed by atoms with Crippen LogP contribution in [-0.2, 0) is 17.8 Å². The van der Waals surface area contributed by atoms with Gasteiger partial charge in [0.25, 0.3) is 0 Å². The fourth-order valence-electron chi connectivity index (χ4n) is 3.41.